The zero-order chi connectivity index (χ0) is 24.8. The number of aryl methyl sites for hydroxylation is 1. The van der Waals surface area contributed by atoms with Crippen LogP contribution in [0.4, 0.5) is 0 Å². The van der Waals surface area contributed by atoms with Crippen molar-refractivity contribution in [2.24, 2.45) is 0 Å². The van der Waals surface area contributed by atoms with E-state index < -0.39 is 5.60 Å². The number of rotatable bonds is 9. The molecule has 0 bridgehead atoms. The fourth-order valence-corrected chi connectivity index (χ4v) is 5.24. The molecule has 2 fully saturated rings. The molecule has 0 radical (unpaired) electrons. The summed E-state index contributed by atoms with van der Waals surface area (Å²) in [5.41, 5.74) is 0.671. The third-order valence-corrected chi connectivity index (χ3v) is 7.49. The van der Waals surface area contributed by atoms with Crippen molar-refractivity contribution >= 4 is 17.5 Å². The van der Waals surface area contributed by atoms with E-state index in [0.29, 0.717) is 36.7 Å². The number of hydrogen-bond donors (Lipinski definition) is 3. The van der Waals surface area contributed by atoms with Gasteiger partial charge in [-0.15, -0.1) is 0 Å². The van der Waals surface area contributed by atoms with Gasteiger partial charge in [0.05, 0.1) is 28.0 Å². The number of imidazole rings is 1. The molecule has 1 saturated carbocycles. The zero-order valence-corrected chi connectivity index (χ0v) is 21.3. The van der Waals surface area contributed by atoms with E-state index in [9.17, 15) is 14.7 Å². The highest BCUT2D eigenvalue weighted by Crippen LogP contribution is 2.27. The van der Waals surface area contributed by atoms with Gasteiger partial charge in [-0.3, -0.25) is 13.9 Å². The Morgan fingerprint density at radius 2 is 2.06 bits per heavy atom. The molecule has 1 aliphatic heterocycles. The number of aromatic nitrogens is 2. The molecular weight excluding hydrogens is 468 g/mol. The average Bonchev–Trinajstić information content (AvgIpc) is 3.39. The maximum Gasteiger partial charge on any atom is 0.332 e. The molecule has 1 aromatic heterocycles. The van der Waals surface area contributed by atoms with Crippen LogP contribution in [0, 0.1) is 6.92 Å². The summed E-state index contributed by atoms with van der Waals surface area (Å²) >= 11 is 6.34. The van der Waals surface area contributed by atoms with Crippen molar-refractivity contribution in [1.29, 1.82) is 0 Å². The second kappa shape index (κ2) is 11.7. The van der Waals surface area contributed by atoms with Gasteiger partial charge in [0, 0.05) is 38.1 Å². The lowest BCUT2D eigenvalue weighted by atomic mass is 9.94. The van der Waals surface area contributed by atoms with Gasteiger partial charge in [-0.25, -0.2) is 4.79 Å². The minimum atomic E-state index is -0.875. The molecule has 1 atom stereocenters. The van der Waals surface area contributed by atoms with Crippen LogP contribution >= 0.6 is 11.6 Å². The Kier molecular flexibility index (Phi) is 8.70. The van der Waals surface area contributed by atoms with Crippen molar-refractivity contribution in [3.05, 3.63) is 51.2 Å². The number of amides is 1. The normalized spacial score (nSPS) is 20.0. The fraction of sp³-hybridized carbons (Fsp3) is 0.615. The van der Waals surface area contributed by atoms with Crippen molar-refractivity contribution in [3.8, 4) is 5.69 Å². The summed E-state index contributed by atoms with van der Waals surface area (Å²) in [6.45, 7) is 5.16. The fourth-order valence-electron chi connectivity index (χ4n) is 5.03. The van der Waals surface area contributed by atoms with Gasteiger partial charge in [-0.2, -0.15) is 0 Å². The van der Waals surface area contributed by atoms with Crippen molar-refractivity contribution < 1.29 is 14.6 Å². The number of ether oxygens (including phenoxy) is 1. The van der Waals surface area contributed by atoms with E-state index in [2.05, 4.69) is 10.6 Å². The van der Waals surface area contributed by atoms with Crippen molar-refractivity contribution in [1.82, 2.24) is 19.8 Å². The van der Waals surface area contributed by atoms with Gasteiger partial charge in [0.1, 0.15) is 0 Å². The Bertz CT molecular complexity index is 1070. The Labute approximate surface area is 211 Å². The summed E-state index contributed by atoms with van der Waals surface area (Å²) in [7, 11) is 0. The molecule has 1 unspecified atom stereocenters. The molecule has 192 valence electrons. The standard InChI is InChI=1S/C26H37ClN4O4/c1-19-17-31(25(33)30(19)13-6-14-35-21-9-12-28-16-21)20-7-8-23(27)22(15-20)24(32)29-18-26(34)10-4-2-3-5-11-26/h7-8,15,17,21,28,34H,2-6,9-14,16,18H2,1H3,(H,29,32). The minimum Gasteiger partial charge on any atom is -0.388 e. The molecule has 1 amide bonds. The summed E-state index contributed by atoms with van der Waals surface area (Å²) < 4.78 is 9.14. The average molecular weight is 505 g/mol. The highest BCUT2D eigenvalue weighted by molar-refractivity contribution is 6.33. The predicted molar refractivity (Wildman–Crippen MR) is 137 cm³/mol. The molecule has 1 aromatic carbocycles. The molecular formula is C26H37ClN4O4. The lowest BCUT2D eigenvalue weighted by molar-refractivity contribution is 0.0246. The molecule has 2 aromatic rings. The Balaban J connectivity index is 1.42. The van der Waals surface area contributed by atoms with Gasteiger partial charge >= 0.3 is 5.69 Å². The van der Waals surface area contributed by atoms with Gasteiger partial charge in [0.25, 0.3) is 5.91 Å². The number of hydrogen-bond acceptors (Lipinski definition) is 5. The van der Waals surface area contributed by atoms with E-state index in [1.54, 1.807) is 33.5 Å². The Morgan fingerprint density at radius 3 is 2.77 bits per heavy atom. The molecule has 0 spiro atoms. The van der Waals surface area contributed by atoms with E-state index in [-0.39, 0.29) is 29.8 Å². The second-order valence-electron chi connectivity index (χ2n) is 9.90. The lowest BCUT2D eigenvalue weighted by Gasteiger charge is -2.26. The van der Waals surface area contributed by atoms with Gasteiger partial charge in [0.15, 0.2) is 0 Å². The SMILES string of the molecule is Cc1cn(-c2ccc(Cl)c(C(=O)NCC3(O)CCCCCC3)c2)c(=O)n1CCCOC1CCNC1. The van der Waals surface area contributed by atoms with Gasteiger partial charge in [-0.05, 0) is 57.4 Å². The van der Waals surface area contributed by atoms with Crippen LogP contribution in [0.2, 0.25) is 5.02 Å². The second-order valence-corrected chi connectivity index (χ2v) is 10.3. The molecule has 2 heterocycles. The quantitative estimate of drug-likeness (QED) is 0.360. The summed E-state index contributed by atoms with van der Waals surface area (Å²) in [4.78, 5) is 26.1. The first-order valence-corrected chi connectivity index (χ1v) is 13.2. The number of halogens is 1. The number of carbonyl (C=O) groups excluding carboxylic acids is 1. The van der Waals surface area contributed by atoms with Crippen LogP contribution in [0.5, 0.6) is 0 Å². The lowest BCUT2D eigenvalue weighted by Crippen LogP contribution is -2.42. The minimum absolute atomic E-state index is 0.161. The number of aliphatic hydroxyl groups is 1. The molecule has 4 rings (SSSR count). The number of nitrogens with zero attached hydrogens (tertiary/aromatic N) is 2. The molecule has 1 aliphatic carbocycles. The summed E-state index contributed by atoms with van der Waals surface area (Å²) in [5, 5.41) is 17.3. The molecule has 35 heavy (non-hydrogen) atoms. The van der Waals surface area contributed by atoms with Crippen LogP contribution in [-0.2, 0) is 11.3 Å². The van der Waals surface area contributed by atoms with Crippen LogP contribution in [0.3, 0.4) is 0 Å². The maximum absolute atomic E-state index is 13.1. The number of benzene rings is 1. The molecule has 2 aliphatic rings. The monoisotopic (exact) mass is 504 g/mol. The van der Waals surface area contributed by atoms with Crippen molar-refractivity contribution in [2.75, 3.05) is 26.2 Å². The Morgan fingerprint density at radius 1 is 1.29 bits per heavy atom. The third-order valence-electron chi connectivity index (χ3n) is 7.16. The van der Waals surface area contributed by atoms with Crippen LogP contribution < -0.4 is 16.3 Å². The summed E-state index contributed by atoms with van der Waals surface area (Å²) in [6, 6.07) is 5.00. The molecule has 9 heteroatoms. The zero-order valence-electron chi connectivity index (χ0n) is 20.5. The van der Waals surface area contributed by atoms with E-state index in [4.69, 9.17) is 16.3 Å². The van der Waals surface area contributed by atoms with Crippen molar-refractivity contribution in [2.45, 2.75) is 76.5 Å². The van der Waals surface area contributed by atoms with E-state index in [0.717, 1.165) is 57.3 Å². The summed E-state index contributed by atoms with van der Waals surface area (Å²) in [5.74, 6) is -0.350. The largest absolute Gasteiger partial charge is 0.388 e. The van der Waals surface area contributed by atoms with Crippen molar-refractivity contribution in [3.63, 3.8) is 0 Å². The van der Waals surface area contributed by atoms with E-state index in [1.165, 1.54) is 0 Å². The maximum atomic E-state index is 13.1. The molecule has 1 saturated heterocycles. The van der Waals surface area contributed by atoms with Crippen LogP contribution in [-0.4, -0.2) is 58.1 Å². The number of nitrogens with one attached hydrogen (secondary N) is 2. The first-order valence-electron chi connectivity index (χ1n) is 12.8. The van der Waals surface area contributed by atoms with Gasteiger partial charge in [-0.1, -0.05) is 37.3 Å². The summed E-state index contributed by atoms with van der Waals surface area (Å²) in [6.07, 6.45) is 9.35. The number of carbonyl (C=O) groups is 1. The first-order chi connectivity index (χ1) is 16.9. The Hall–Kier alpha value is -2.13. The van der Waals surface area contributed by atoms with Crippen LogP contribution in [0.25, 0.3) is 5.69 Å². The third kappa shape index (κ3) is 6.55. The molecule has 3 N–H and O–H groups in total. The van der Waals surface area contributed by atoms with Crippen LogP contribution in [0.1, 0.15) is 67.4 Å². The van der Waals surface area contributed by atoms with Crippen LogP contribution in [0.15, 0.2) is 29.2 Å². The highest BCUT2D eigenvalue weighted by Gasteiger charge is 2.29. The predicted octanol–water partition coefficient (Wildman–Crippen LogP) is 3.18. The van der Waals surface area contributed by atoms with Gasteiger partial charge in [0.2, 0.25) is 0 Å². The topological polar surface area (TPSA) is 97.5 Å². The highest BCUT2D eigenvalue weighted by atomic mass is 35.5. The van der Waals surface area contributed by atoms with E-state index >= 15 is 0 Å². The molecule has 8 nitrogen and oxygen atoms in total. The van der Waals surface area contributed by atoms with E-state index in [1.807, 2.05) is 6.92 Å². The van der Waals surface area contributed by atoms with Gasteiger partial charge < -0.3 is 20.5 Å². The smallest absolute Gasteiger partial charge is 0.332 e. The first kappa shape index (κ1) is 25.9.